The Morgan fingerprint density at radius 1 is 1.58 bits per heavy atom. The molecule has 0 aliphatic rings. The van der Waals surface area contributed by atoms with Gasteiger partial charge in [0.2, 0.25) is 0 Å². The maximum Gasteiger partial charge on any atom is 0.172 e. The second-order valence-corrected chi connectivity index (χ2v) is 3.06. The van der Waals surface area contributed by atoms with Crippen molar-refractivity contribution >= 4 is 33.3 Å². The minimum atomic E-state index is 0.519. The van der Waals surface area contributed by atoms with Crippen LogP contribution in [0.2, 0.25) is 0 Å². The molecule has 2 heterocycles. The first kappa shape index (κ1) is 7.49. The van der Waals surface area contributed by atoms with E-state index in [1.165, 1.54) is 0 Å². The van der Waals surface area contributed by atoms with Gasteiger partial charge in [-0.15, -0.1) is 0 Å². The summed E-state index contributed by atoms with van der Waals surface area (Å²) in [6.07, 6.45) is 2.33. The molecule has 3 nitrogen and oxygen atoms in total. The smallest absolute Gasteiger partial charge is 0.172 e. The number of carbonyl (C=O) groups excluding carboxylic acids is 1. The van der Waals surface area contributed by atoms with Crippen LogP contribution in [0.1, 0.15) is 10.4 Å². The molecular weight excluding hydrogens is 222 g/mol. The van der Waals surface area contributed by atoms with Crippen LogP contribution in [-0.4, -0.2) is 11.3 Å². The minimum absolute atomic E-state index is 0.519. The second kappa shape index (κ2) is 2.71. The quantitative estimate of drug-likeness (QED) is 0.701. The van der Waals surface area contributed by atoms with E-state index >= 15 is 0 Å². The van der Waals surface area contributed by atoms with Crippen LogP contribution in [0.25, 0.3) is 11.1 Å². The van der Waals surface area contributed by atoms with Crippen LogP contribution in [0.4, 0.5) is 0 Å². The summed E-state index contributed by atoms with van der Waals surface area (Å²) in [5, 5.41) is 0. The Morgan fingerprint density at radius 2 is 2.42 bits per heavy atom. The van der Waals surface area contributed by atoms with Gasteiger partial charge in [-0.3, -0.25) is 9.78 Å². The van der Waals surface area contributed by atoms with Gasteiger partial charge in [0.15, 0.2) is 16.5 Å². The van der Waals surface area contributed by atoms with Gasteiger partial charge in [0.1, 0.15) is 5.52 Å². The maximum atomic E-state index is 10.5. The highest BCUT2D eigenvalue weighted by molar-refractivity contribution is 9.10. The highest BCUT2D eigenvalue weighted by Gasteiger charge is 2.05. The minimum Gasteiger partial charge on any atom is -0.447 e. The molecule has 4 heteroatoms. The molecule has 2 aromatic heterocycles. The lowest BCUT2D eigenvalue weighted by atomic mass is 10.2. The lowest BCUT2D eigenvalue weighted by molar-refractivity contribution is 0.112. The first-order valence-electron chi connectivity index (χ1n) is 3.30. The Hall–Kier alpha value is -1.16. The molecule has 0 N–H and O–H groups in total. The van der Waals surface area contributed by atoms with Gasteiger partial charge in [0, 0.05) is 12.3 Å². The summed E-state index contributed by atoms with van der Waals surface area (Å²) >= 11 is 3.17. The molecule has 0 saturated carbocycles. The number of rotatable bonds is 1. The molecule has 60 valence electrons. The summed E-state index contributed by atoms with van der Waals surface area (Å²) in [7, 11) is 0. The van der Waals surface area contributed by atoms with E-state index in [9.17, 15) is 4.79 Å². The van der Waals surface area contributed by atoms with Crippen molar-refractivity contribution in [1.29, 1.82) is 0 Å². The predicted molar refractivity (Wildman–Crippen MR) is 47.1 cm³/mol. The van der Waals surface area contributed by atoms with Gasteiger partial charge in [-0.05, 0) is 22.0 Å². The van der Waals surface area contributed by atoms with Crippen molar-refractivity contribution in [2.75, 3.05) is 0 Å². The van der Waals surface area contributed by atoms with Crippen molar-refractivity contribution in [2.24, 2.45) is 0 Å². The average Bonchev–Trinajstić information content (AvgIpc) is 2.44. The van der Waals surface area contributed by atoms with E-state index in [-0.39, 0.29) is 0 Å². The molecule has 0 amide bonds. The number of aromatic nitrogens is 1. The number of carbonyl (C=O) groups is 1. The first-order valence-corrected chi connectivity index (χ1v) is 4.10. The van der Waals surface area contributed by atoms with Crippen molar-refractivity contribution in [1.82, 2.24) is 4.98 Å². The Morgan fingerprint density at radius 3 is 3.17 bits per heavy atom. The summed E-state index contributed by atoms with van der Waals surface area (Å²) < 4.78 is 5.80. The molecule has 0 aliphatic heterocycles. The largest absolute Gasteiger partial charge is 0.447 e. The van der Waals surface area contributed by atoms with E-state index in [1.54, 1.807) is 18.3 Å². The fraction of sp³-hybridized carbons (Fsp3) is 0. The second-order valence-electron chi connectivity index (χ2n) is 2.28. The monoisotopic (exact) mass is 225 g/mol. The van der Waals surface area contributed by atoms with Gasteiger partial charge in [-0.2, -0.15) is 0 Å². The van der Waals surface area contributed by atoms with Gasteiger partial charge in [-0.25, -0.2) is 0 Å². The van der Waals surface area contributed by atoms with Crippen LogP contribution in [0.3, 0.4) is 0 Å². The molecule has 0 atom stereocenters. The number of pyridine rings is 1. The molecule has 0 radical (unpaired) electrons. The molecule has 0 unspecified atom stereocenters. The molecule has 12 heavy (non-hydrogen) atoms. The molecule has 0 bridgehead atoms. The number of nitrogens with zero attached hydrogens (tertiary/aromatic N) is 1. The molecular formula is C8H4BrNO2. The van der Waals surface area contributed by atoms with Crippen molar-refractivity contribution in [3.05, 3.63) is 28.6 Å². The maximum absolute atomic E-state index is 10.5. The van der Waals surface area contributed by atoms with Crippen LogP contribution < -0.4 is 0 Å². The number of hydrogen-bond donors (Lipinski definition) is 0. The lowest BCUT2D eigenvalue weighted by Gasteiger charge is -1.89. The van der Waals surface area contributed by atoms with Gasteiger partial charge in [0.25, 0.3) is 0 Å². The van der Waals surface area contributed by atoms with Gasteiger partial charge < -0.3 is 4.42 Å². The number of halogens is 1. The molecule has 0 fully saturated rings. The number of hydrogen-bond acceptors (Lipinski definition) is 3. The van der Waals surface area contributed by atoms with E-state index in [4.69, 9.17) is 4.42 Å². The van der Waals surface area contributed by atoms with Crippen LogP contribution in [0.5, 0.6) is 0 Å². The Balaban J connectivity index is 2.86. The van der Waals surface area contributed by atoms with Gasteiger partial charge in [-0.1, -0.05) is 0 Å². The highest BCUT2D eigenvalue weighted by Crippen LogP contribution is 2.23. The van der Waals surface area contributed by atoms with Crippen molar-refractivity contribution in [3.63, 3.8) is 0 Å². The Labute approximate surface area is 76.5 Å². The van der Waals surface area contributed by atoms with Crippen LogP contribution in [0, 0.1) is 0 Å². The summed E-state index contributed by atoms with van der Waals surface area (Å²) in [5.74, 6) is 0. The third-order valence-corrected chi connectivity index (χ3v) is 1.93. The Bertz CT molecular complexity index is 436. The van der Waals surface area contributed by atoms with Crippen LogP contribution in [-0.2, 0) is 0 Å². The lowest BCUT2D eigenvalue weighted by Crippen LogP contribution is -1.81. The van der Waals surface area contributed by atoms with E-state index in [0.29, 0.717) is 21.3 Å². The van der Waals surface area contributed by atoms with Crippen molar-refractivity contribution in [2.45, 2.75) is 0 Å². The zero-order valence-corrected chi connectivity index (χ0v) is 7.54. The van der Waals surface area contributed by atoms with E-state index < -0.39 is 0 Å². The predicted octanol–water partition coefficient (Wildman–Crippen LogP) is 2.40. The van der Waals surface area contributed by atoms with Gasteiger partial charge in [0.05, 0.1) is 5.56 Å². The van der Waals surface area contributed by atoms with Crippen molar-refractivity contribution < 1.29 is 9.21 Å². The van der Waals surface area contributed by atoms with E-state index in [2.05, 4.69) is 20.9 Å². The van der Waals surface area contributed by atoms with Crippen LogP contribution in [0.15, 0.2) is 27.4 Å². The standard InChI is InChI=1S/C8H4BrNO2/c9-7-3-6-8(12-7)5(4-11)1-2-10-6/h1-4H. The zero-order valence-electron chi connectivity index (χ0n) is 5.95. The summed E-state index contributed by atoms with van der Waals surface area (Å²) in [5.41, 5.74) is 1.73. The molecule has 0 aromatic carbocycles. The summed E-state index contributed by atoms with van der Waals surface area (Å²) in [6.45, 7) is 0. The Kier molecular flexibility index (Phi) is 1.69. The zero-order chi connectivity index (χ0) is 8.55. The van der Waals surface area contributed by atoms with Crippen LogP contribution >= 0.6 is 15.9 Å². The third kappa shape index (κ3) is 1.04. The summed E-state index contributed by atoms with van der Waals surface area (Å²) in [6, 6.07) is 3.34. The highest BCUT2D eigenvalue weighted by atomic mass is 79.9. The topological polar surface area (TPSA) is 43.1 Å². The first-order chi connectivity index (χ1) is 5.81. The molecule has 0 spiro atoms. The van der Waals surface area contributed by atoms with Gasteiger partial charge >= 0.3 is 0 Å². The molecule has 0 aliphatic carbocycles. The molecule has 2 rings (SSSR count). The number of fused-ring (bicyclic) bond motifs is 1. The normalized spacial score (nSPS) is 10.4. The van der Waals surface area contributed by atoms with E-state index in [1.807, 2.05) is 0 Å². The number of aldehydes is 1. The molecule has 0 saturated heterocycles. The number of furan rings is 1. The van der Waals surface area contributed by atoms with Crippen molar-refractivity contribution in [3.8, 4) is 0 Å². The summed E-state index contributed by atoms with van der Waals surface area (Å²) in [4.78, 5) is 14.6. The molecule has 2 aromatic rings. The van der Waals surface area contributed by atoms with E-state index in [0.717, 1.165) is 6.29 Å². The fourth-order valence-electron chi connectivity index (χ4n) is 1.02. The fourth-order valence-corrected chi connectivity index (χ4v) is 1.40. The average molecular weight is 226 g/mol. The third-order valence-electron chi connectivity index (χ3n) is 1.54. The SMILES string of the molecule is O=Cc1ccnc2cc(Br)oc12.